The van der Waals surface area contributed by atoms with Crippen LogP contribution in [0.1, 0.15) is 15.9 Å². The summed E-state index contributed by atoms with van der Waals surface area (Å²) in [5.41, 5.74) is 3.07. The fourth-order valence-electron chi connectivity index (χ4n) is 2.73. The van der Waals surface area contributed by atoms with E-state index in [4.69, 9.17) is 14.2 Å². The number of amides is 2. The first-order valence-electron chi connectivity index (χ1n) is 9.87. The van der Waals surface area contributed by atoms with Gasteiger partial charge in [0.2, 0.25) is 0 Å². The summed E-state index contributed by atoms with van der Waals surface area (Å²) in [7, 11) is 2.93. The second-order valence-corrected chi connectivity index (χ2v) is 7.75. The SMILES string of the molecule is COc1cc(OC)cc(C(=O)NCC(=O)OCC(=O)Nc2nc(-c3ccc(C)cc3)cs2)c1. The van der Waals surface area contributed by atoms with Crippen LogP contribution in [0.3, 0.4) is 0 Å². The molecule has 0 saturated heterocycles. The van der Waals surface area contributed by atoms with Crippen molar-refractivity contribution < 1.29 is 28.6 Å². The van der Waals surface area contributed by atoms with Crippen molar-refractivity contribution in [3.63, 3.8) is 0 Å². The monoisotopic (exact) mass is 469 g/mol. The molecule has 0 fully saturated rings. The van der Waals surface area contributed by atoms with Crippen LogP contribution < -0.4 is 20.1 Å². The van der Waals surface area contributed by atoms with Gasteiger partial charge in [-0.25, -0.2) is 4.98 Å². The average molecular weight is 470 g/mol. The van der Waals surface area contributed by atoms with Gasteiger partial charge in [-0.15, -0.1) is 11.3 Å². The van der Waals surface area contributed by atoms with E-state index in [-0.39, 0.29) is 5.56 Å². The molecule has 1 heterocycles. The van der Waals surface area contributed by atoms with E-state index in [1.54, 1.807) is 6.07 Å². The number of hydrogen-bond acceptors (Lipinski definition) is 8. The number of esters is 1. The van der Waals surface area contributed by atoms with Gasteiger partial charge in [0.1, 0.15) is 18.0 Å². The van der Waals surface area contributed by atoms with Crippen molar-refractivity contribution in [2.24, 2.45) is 0 Å². The lowest BCUT2D eigenvalue weighted by Gasteiger charge is -2.09. The molecule has 0 atom stereocenters. The zero-order valence-corrected chi connectivity index (χ0v) is 19.2. The highest BCUT2D eigenvalue weighted by atomic mass is 32.1. The molecular formula is C23H23N3O6S. The highest BCUT2D eigenvalue weighted by molar-refractivity contribution is 7.14. The van der Waals surface area contributed by atoms with E-state index in [0.29, 0.717) is 16.6 Å². The predicted octanol–water partition coefficient (Wildman–Crippen LogP) is 3.05. The molecule has 0 spiro atoms. The summed E-state index contributed by atoms with van der Waals surface area (Å²) >= 11 is 1.27. The zero-order valence-electron chi connectivity index (χ0n) is 18.3. The number of nitrogens with one attached hydrogen (secondary N) is 2. The van der Waals surface area contributed by atoms with Crippen LogP contribution in [0.5, 0.6) is 11.5 Å². The predicted molar refractivity (Wildman–Crippen MR) is 124 cm³/mol. The van der Waals surface area contributed by atoms with Crippen LogP contribution in [-0.2, 0) is 14.3 Å². The van der Waals surface area contributed by atoms with E-state index < -0.39 is 30.9 Å². The molecule has 33 heavy (non-hydrogen) atoms. The minimum absolute atomic E-state index is 0.255. The molecule has 1 aromatic heterocycles. The van der Waals surface area contributed by atoms with Gasteiger partial charge in [0, 0.05) is 22.6 Å². The molecule has 0 radical (unpaired) electrons. The lowest BCUT2D eigenvalue weighted by molar-refractivity contribution is -0.146. The number of carbonyl (C=O) groups is 3. The van der Waals surface area contributed by atoms with Crippen LogP contribution in [0.4, 0.5) is 5.13 Å². The summed E-state index contributed by atoms with van der Waals surface area (Å²) in [6, 6.07) is 12.5. The maximum Gasteiger partial charge on any atom is 0.325 e. The fraction of sp³-hybridized carbons (Fsp3) is 0.217. The molecule has 3 rings (SSSR count). The summed E-state index contributed by atoms with van der Waals surface area (Å²) in [6.07, 6.45) is 0. The fourth-order valence-corrected chi connectivity index (χ4v) is 3.47. The quantitative estimate of drug-likeness (QED) is 0.463. The molecule has 2 N–H and O–H groups in total. The zero-order chi connectivity index (χ0) is 23.8. The molecule has 2 aromatic carbocycles. The van der Waals surface area contributed by atoms with Crippen LogP contribution in [0.2, 0.25) is 0 Å². The number of hydrogen-bond donors (Lipinski definition) is 2. The topological polar surface area (TPSA) is 116 Å². The van der Waals surface area contributed by atoms with Crippen molar-refractivity contribution in [2.45, 2.75) is 6.92 Å². The van der Waals surface area contributed by atoms with E-state index in [0.717, 1.165) is 16.8 Å². The third-order valence-corrected chi connectivity index (χ3v) is 5.23. The molecule has 0 aliphatic heterocycles. The number of carbonyl (C=O) groups excluding carboxylic acids is 3. The normalized spacial score (nSPS) is 10.3. The van der Waals surface area contributed by atoms with Crippen molar-refractivity contribution in [3.05, 3.63) is 59.0 Å². The van der Waals surface area contributed by atoms with Gasteiger partial charge >= 0.3 is 5.97 Å². The molecule has 0 bridgehead atoms. The van der Waals surface area contributed by atoms with Crippen molar-refractivity contribution in [1.29, 1.82) is 0 Å². The van der Waals surface area contributed by atoms with E-state index in [9.17, 15) is 14.4 Å². The van der Waals surface area contributed by atoms with Crippen molar-refractivity contribution >= 4 is 34.3 Å². The third-order valence-electron chi connectivity index (χ3n) is 4.47. The Labute approximate surface area is 194 Å². The lowest BCUT2D eigenvalue weighted by atomic mass is 10.1. The second kappa shape index (κ2) is 11.1. The minimum Gasteiger partial charge on any atom is -0.497 e. The number of aromatic nitrogens is 1. The Balaban J connectivity index is 1.45. The third kappa shape index (κ3) is 6.78. The van der Waals surface area contributed by atoms with E-state index in [1.165, 1.54) is 37.7 Å². The van der Waals surface area contributed by atoms with Gasteiger partial charge in [0.25, 0.3) is 11.8 Å². The molecule has 0 saturated carbocycles. The van der Waals surface area contributed by atoms with Crippen LogP contribution in [-0.4, -0.2) is 50.1 Å². The number of aryl methyl sites for hydroxylation is 1. The summed E-state index contributed by atoms with van der Waals surface area (Å²) in [5.74, 6) is -0.928. The standard InChI is InChI=1S/C23H23N3O6S/c1-14-4-6-15(7-5-14)19-13-33-23(25-19)26-20(27)12-32-21(28)11-24-22(29)16-8-17(30-2)10-18(9-16)31-3/h4-10,13H,11-12H2,1-3H3,(H,24,29)(H,25,26,27). The largest absolute Gasteiger partial charge is 0.497 e. The number of methoxy groups -OCH3 is 2. The molecule has 10 heteroatoms. The Kier molecular flexibility index (Phi) is 7.98. The van der Waals surface area contributed by atoms with Crippen LogP contribution in [0, 0.1) is 6.92 Å². The Hall–Kier alpha value is -3.92. The number of thiazole rings is 1. The Morgan fingerprint density at radius 3 is 2.30 bits per heavy atom. The van der Waals surface area contributed by atoms with Crippen LogP contribution >= 0.6 is 11.3 Å². The molecular weight excluding hydrogens is 446 g/mol. The molecule has 2 amide bonds. The van der Waals surface area contributed by atoms with Crippen LogP contribution in [0.25, 0.3) is 11.3 Å². The average Bonchev–Trinajstić information content (AvgIpc) is 3.29. The van der Waals surface area contributed by atoms with Crippen molar-refractivity contribution in [2.75, 3.05) is 32.7 Å². The van der Waals surface area contributed by atoms with E-state index >= 15 is 0 Å². The Morgan fingerprint density at radius 2 is 1.67 bits per heavy atom. The van der Waals surface area contributed by atoms with Crippen molar-refractivity contribution in [3.8, 4) is 22.8 Å². The lowest BCUT2D eigenvalue weighted by Crippen LogP contribution is -2.32. The molecule has 9 nitrogen and oxygen atoms in total. The van der Waals surface area contributed by atoms with Gasteiger partial charge < -0.3 is 19.5 Å². The smallest absolute Gasteiger partial charge is 0.325 e. The molecule has 172 valence electrons. The number of ether oxygens (including phenoxy) is 3. The van der Waals surface area contributed by atoms with E-state index in [2.05, 4.69) is 15.6 Å². The van der Waals surface area contributed by atoms with Crippen molar-refractivity contribution in [1.82, 2.24) is 10.3 Å². The number of anilines is 1. The van der Waals surface area contributed by atoms with E-state index in [1.807, 2.05) is 36.6 Å². The second-order valence-electron chi connectivity index (χ2n) is 6.90. The first-order chi connectivity index (χ1) is 15.9. The first-order valence-corrected chi connectivity index (χ1v) is 10.7. The molecule has 0 aliphatic carbocycles. The Bertz CT molecular complexity index is 1120. The van der Waals surface area contributed by atoms with Gasteiger partial charge in [-0.05, 0) is 19.1 Å². The number of nitrogens with zero attached hydrogens (tertiary/aromatic N) is 1. The summed E-state index contributed by atoms with van der Waals surface area (Å²) in [6.45, 7) is 1.10. The maximum atomic E-state index is 12.3. The van der Waals surface area contributed by atoms with Gasteiger partial charge in [-0.2, -0.15) is 0 Å². The maximum absolute atomic E-state index is 12.3. The highest BCUT2D eigenvalue weighted by Gasteiger charge is 2.14. The number of rotatable bonds is 9. The van der Waals surface area contributed by atoms with Gasteiger partial charge in [-0.3, -0.25) is 19.7 Å². The van der Waals surface area contributed by atoms with Gasteiger partial charge in [0.15, 0.2) is 11.7 Å². The minimum atomic E-state index is -0.757. The van der Waals surface area contributed by atoms with Gasteiger partial charge in [0.05, 0.1) is 19.9 Å². The Morgan fingerprint density at radius 1 is 1.00 bits per heavy atom. The molecule has 0 aliphatic rings. The highest BCUT2D eigenvalue weighted by Crippen LogP contribution is 2.25. The van der Waals surface area contributed by atoms with Crippen LogP contribution in [0.15, 0.2) is 47.8 Å². The van der Waals surface area contributed by atoms with Gasteiger partial charge in [-0.1, -0.05) is 29.8 Å². The summed E-state index contributed by atoms with van der Waals surface area (Å²) < 4.78 is 15.2. The summed E-state index contributed by atoms with van der Waals surface area (Å²) in [4.78, 5) is 40.6. The first kappa shape index (κ1) is 23.7. The summed E-state index contributed by atoms with van der Waals surface area (Å²) in [5, 5.41) is 7.25. The molecule has 0 unspecified atom stereocenters. The number of benzene rings is 2. The molecule has 3 aromatic rings.